The molecule has 0 aliphatic heterocycles. The molecule has 0 spiro atoms. The van der Waals surface area contributed by atoms with Gasteiger partial charge in [0.2, 0.25) is 11.8 Å². The maximum absolute atomic E-state index is 13.0. The fourth-order valence-corrected chi connectivity index (χ4v) is 3.74. The molecule has 0 aromatic heterocycles. The molecule has 2 amide bonds. The molecule has 162 valence electrons. The van der Waals surface area contributed by atoms with E-state index in [0.29, 0.717) is 24.6 Å². The summed E-state index contributed by atoms with van der Waals surface area (Å²) < 4.78 is 18.3. The third kappa shape index (κ3) is 7.37. The Morgan fingerprint density at radius 2 is 1.90 bits per heavy atom. The Labute approximate surface area is 182 Å². The topological polar surface area (TPSA) is 58.6 Å². The molecule has 2 aromatic carbocycles. The average Bonchev–Trinajstić information content (AvgIpc) is 2.76. The monoisotopic (exact) mass is 432 g/mol. The number of hydrogen-bond acceptors (Lipinski definition) is 4. The number of hydrogen-bond donors (Lipinski definition) is 1. The van der Waals surface area contributed by atoms with E-state index in [9.17, 15) is 14.0 Å². The van der Waals surface area contributed by atoms with Gasteiger partial charge >= 0.3 is 0 Å². The molecule has 0 saturated heterocycles. The first kappa shape index (κ1) is 23.7. The lowest BCUT2D eigenvalue weighted by atomic mass is 10.1. The summed E-state index contributed by atoms with van der Waals surface area (Å²) in [4.78, 5) is 27.1. The number of halogens is 1. The summed E-state index contributed by atoms with van der Waals surface area (Å²) in [7, 11) is 1.59. The summed E-state index contributed by atoms with van der Waals surface area (Å²) in [5.74, 6) is 0.952. The summed E-state index contributed by atoms with van der Waals surface area (Å²) in [5.41, 5.74) is 1.84. The van der Waals surface area contributed by atoms with Crippen LogP contribution in [0.3, 0.4) is 0 Å². The van der Waals surface area contributed by atoms with Gasteiger partial charge in [0.1, 0.15) is 17.6 Å². The highest BCUT2D eigenvalue weighted by Gasteiger charge is 2.25. The van der Waals surface area contributed by atoms with Crippen LogP contribution in [-0.4, -0.2) is 42.2 Å². The van der Waals surface area contributed by atoms with Gasteiger partial charge in [0.25, 0.3) is 0 Å². The lowest BCUT2D eigenvalue weighted by Crippen LogP contribution is -2.48. The number of methoxy groups -OCH3 is 1. The van der Waals surface area contributed by atoms with E-state index in [1.165, 1.54) is 23.9 Å². The quantitative estimate of drug-likeness (QED) is 0.583. The van der Waals surface area contributed by atoms with E-state index in [1.54, 1.807) is 31.1 Å². The van der Waals surface area contributed by atoms with Crippen molar-refractivity contribution in [1.82, 2.24) is 10.2 Å². The Kier molecular flexibility index (Phi) is 9.67. The average molecular weight is 433 g/mol. The number of nitrogens with one attached hydrogen (secondary N) is 1. The van der Waals surface area contributed by atoms with Crippen molar-refractivity contribution in [3.05, 3.63) is 65.5 Å². The molecule has 30 heavy (non-hydrogen) atoms. The standard InChI is InChI=1S/C23H29FN2O3S/c1-4-12-25-23(28)17(2)26(14-19-6-5-7-21(13-19)29-3)22(27)16-30-15-18-8-10-20(24)11-9-18/h5-11,13,17H,4,12,14-16H2,1-3H3,(H,25,28)/t17-/m0/s1. The number of thioether (sulfide) groups is 1. The first-order valence-electron chi connectivity index (χ1n) is 9.97. The van der Waals surface area contributed by atoms with Gasteiger partial charge in [-0.3, -0.25) is 9.59 Å². The highest BCUT2D eigenvalue weighted by atomic mass is 32.2. The number of ether oxygens (including phenoxy) is 1. The number of nitrogens with zero attached hydrogens (tertiary/aromatic N) is 1. The van der Waals surface area contributed by atoms with Gasteiger partial charge in [0.05, 0.1) is 12.9 Å². The highest BCUT2D eigenvalue weighted by Crippen LogP contribution is 2.18. The van der Waals surface area contributed by atoms with Crippen LogP contribution in [0.25, 0.3) is 0 Å². The van der Waals surface area contributed by atoms with Crippen molar-refractivity contribution in [2.45, 2.75) is 38.6 Å². The minimum absolute atomic E-state index is 0.121. The minimum Gasteiger partial charge on any atom is -0.497 e. The number of benzene rings is 2. The van der Waals surface area contributed by atoms with E-state index in [2.05, 4.69) is 5.32 Å². The number of rotatable bonds is 11. The normalized spacial score (nSPS) is 11.6. The van der Waals surface area contributed by atoms with Crippen molar-refractivity contribution in [2.75, 3.05) is 19.4 Å². The Balaban J connectivity index is 2.06. The van der Waals surface area contributed by atoms with Crippen LogP contribution in [0.5, 0.6) is 5.75 Å². The van der Waals surface area contributed by atoms with Crippen molar-refractivity contribution in [3.8, 4) is 5.75 Å². The van der Waals surface area contributed by atoms with Crippen molar-refractivity contribution in [2.24, 2.45) is 0 Å². The van der Waals surface area contributed by atoms with E-state index in [1.807, 2.05) is 31.2 Å². The Morgan fingerprint density at radius 3 is 2.57 bits per heavy atom. The Morgan fingerprint density at radius 1 is 1.17 bits per heavy atom. The van der Waals surface area contributed by atoms with Crippen molar-refractivity contribution in [1.29, 1.82) is 0 Å². The van der Waals surface area contributed by atoms with Gasteiger partial charge in [0, 0.05) is 18.8 Å². The summed E-state index contributed by atoms with van der Waals surface area (Å²) in [6.45, 7) is 4.61. The molecule has 1 atom stereocenters. The summed E-state index contributed by atoms with van der Waals surface area (Å²) in [6.07, 6.45) is 0.829. The molecule has 7 heteroatoms. The fraction of sp³-hybridized carbons (Fsp3) is 0.391. The van der Waals surface area contributed by atoms with E-state index in [0.717, 1.165) is 17.5 Å². The van der Waals surface area contributed by atoms with E-state index in [4.69, 9.17) is 4.74 Å². The van der Waals surface area contributed by atoms with Gasteiger partial charge in [-0.1, -0.05) is 31.2 Å². The predicted octanol–water partition coefficient (Wildman–Crippen LogP) is 4.01. The zero-order valence-electron chi connectivity index (χ0n) is 17.7. The van der Waals surface area contributed by atoms with E-state index < -0.39 is 6.04 Å². The molecule has 1 N–H and O–H groups in total. The van der Waals surface area contributed by atoms with Gasteiger partial charge in [-0.25, -0.2) is 4.39 Å². The first-order valence-corrected chi connectivity index (χ1v) is 11.1. The van der Waals surface area contributed by atoms with Gasteiger partial charge < -0.3 is 15.0 Å². The first-order chi connectivity index (χ1) is 14.4. The van der Waals surface area contributed by atoms with Crippen LogP contribution in [0.2, 0.25) is 0 Å². The zero-order chi connectivity index (χ0) is 21.9. The van der Waals surface area contributed by atoms with Crippen molar-refractivity contribution >= 4 is 23.6 Å². The van der Waals surface area contributed by atoms with Crippen LogP contribution in [0, 0.1) is 5.82 Å². The lowest BCUT2D eigenvalue weighted by Gasteiger charge is -2.29. The van der Waals surface area contributed by atoms with Gasteiger partial charge in [-0.05, 0) is 48.7 Å². The molecule has 5 nitrogen and oxygen atoms in total. The number of carbonyl (C=O) groups is 2. The lowest BCUT2D eigenvalue weighted by molar-refractivity contribution is -0.138. The third-order valence-corrected chi connectivity index (χ3v) is 5.60. The summed E-state index contributed by atoms with van der Waals surface area (Å²) in [6, 6.07) is 13.1. The molecule has 0 saturated carbocycles. The molecule has 0 bridgehead atoms. The van der Waals surface area contributed by atoms with Crippen LogP contribution in [-0.2, 0) is 21.9 Å². The van der Waals surface area contributed by atoms with Gasteiger partial charge in [-0.2, -0.15) is 0 Å². The second kappa shape index (κ2) is 12.2. The summed E-state index contributed by atoms with van der Waals surface area (Å²) in [5, 5.41) is 2.86. The maximum Gasteiger partial charge on any atom is 0.242 e. The molecular weight excluding hydrogens is 403 g/mol. The highest BCUT2D eigenvalue weighted by molar-refractivity contribution is 7.99. The number of carbonyl (C=O) groups excluding carboxylic acids is 2. The largest absolute Gasteiger partial charge is 0.497 e. The molecule has 2 aromatic rings. The summed E-state index contributed by atoms with van der Waals surface area (Å²) >= 11 is 1.44. The van der Waals surface area contributed by atoms with Crippen LogP contribution >= 0.6 is 11.8 Å². The van der Waals surface area contributed by atoms with Crippen molar-refractivity contribution in [3.63, 3.8) is 0 Å². The molecule has 0 unspecified atom stereocenters. The fourth-order valence-electron chi connectivity index (χ4n) is 2.87. The van der Waals surface area contributed by atoms with Crippen LogP contribution in [0.15, 0.2) is 48.5 Å². The number of amides is 2. The minimum atomic E-state index is -0.596. The smallest absolute Gasteiger partial charge is 0.242 e. The zero-order valence-corrected chi connectivity index (χ0v) is 18.5. The SMILES string of the molecule is CCCNC(=O)[C@H](C)N(Cc1cccc(OC)c1)C(=O)CSCc1ccc(F)cc1. The maximum atomic E-state index is 13.0. The second-order valence-electron chi connectivity index (χ2n) is 6.96. The van der Waals surface area contributed by atoms with E-state index >= 15 is 0 Å². The van der Waals surface area contributed by atoms with Crippen LogP contribution in [0.1, 0.15) is 31.4 Å². The van der Waals surface area contributed by atoms with Gasteiger partial charge in [0.15, 0.2) is 0 Å². The molecular formula is C23H29FN2O3S. The van der Waals surface area contributed by atoms with Crippen LogP contribution < -0.4 is 10.1 Å². The molecule has 0 aliphatic carbocycles. The predicted molar refractivity (Wildman–Crippen MR) is 119 cm³/mol. The molecule has 0 fully saturated rings. The Bertz CT molecular complexity index is 829. The van der Waals surface area contributed by atoms with Crippen molar-refractivity contribution < 1.29 is 18.7 Å². The third-order valence-electron chi connectivity index (χ3n) is 4.61. The molecule has 2 rings (SSSR count). The van der Waals surface area contributed by atoms with E-state index in [-0.39, 0.29) is 23.4 Å². The van der Waals surface area contributed by atoms with Gasteiger partial charge in [-0.15, -0.1) is 11.8 Å². The molecule has 0 heterocycles. The second-order valence-corrected chi connectivity index (χ2v) is 7.95. The molecule has 0 radical (unpaired) electrons. The Hall–Kier alpha value is -2.54. The van der Waals surface area contributed by atoms with Crippen LogP contribution in [0.4, 0.5) is 4.39 Å². The molecule has 0 aliphatic rings.